The summed E-state index contributed by atoms with van der Waals surface area (Å²) in [6, 6.07) is 2.79. The van der Waals surface area contributed by atoms with E-state index in [0.29, 0.717) is 6.54 Å². The minimum atomic E-state index is -1.17. The third-order valence-electron chi connectivity index (χ3n) is 3.11. The highest BCUT2D eigenvalue weighted by atomic mass is 79.9. The van der Waals surface area contributed by atoms with Crippen molar-refractivity contribution < 1.29 is 14.3 Å². The Morgan fingerprint density at radius 1 is 1.52 bits per heavy atom. The second kappa shape index (κ2) is 6.26. The highest BCUT2D eigenvalue weighted by molar-refractivity contribution is 9.10. The number of carboxylic acid groups (broad SMARTS) is 1. The van der Waals surface area contributed by atoms with Crippen LogP contribution in [0.3, 0.4) is 0 Å². The molecule has 0 saturated heterocycles. The lowest BCUT2D eigenvalue weighted by Gasteiger charge is -2.10. The molecule has 5 nitrogen and oxygen atoms in total. The van der Waals surface area contributed by atoms with E-state index in [1.54, 1.807) is 4.68 Å². The molecule has 2 rings (SSSR count). The lowest BCUT2D eigenvalue weighted by atomic mass is 10.1. The second-order valence-corrected chi connectivity index (χ2v) is 5.37. The SMILES string of the molecule is CCc1nn(C)cc1CNc1ccc(C(=O)O)c(Br)c1F. The molecule has 0 spiro atoms. The second-order valence-electron chi connectivity index (χ2n) is 4.58. The maximum absolute atomic E-state index is 14.1. The van der Waals surface area contributed by atoms with Gasteiger partial charge >= 0.3 is 5.97 Å². The largest absolute Gasteiger partial charge is 0.478 e. The summed E-state index contributed by atoms with van der Waals surface area (Å²) in [5.74, 6) is -1.79. The fraction of sp³-hybridized carbons (Fsp3) is 0.286. The number of aromatic nitrogens is 2. The smallest absolute Gasteiger partial charge is 0.336 e. The molecule has 0 saturated carbocycles. The topological polar surface area (TPSA) is 67.2 Å². The quantitative estimate of drug-likeness (QED) is 0.864. The lowest BCUT2D eigenvalue weighted by molar-refractivity contribution is 0.0695. The molecular weight excluding hydrogens is 341 g/mol. The number of nitrogens with zero attached hydrogens (tertiary/aromatic N) is 2. The molecule has 0 bridgehead atoms. The number of rotatable bonds is 5. The van der Waals surface area contributed by atoms with E-state index in [-0.39, 0.29) is 15.7 Å². The number of carbonyl (C=O) groups is 1. The van der Waals surface area contributed by atoms with Crippen molar-refractivity contribution in [2.75, 3.05) is 5.32 Å². The van der Waals surface area contributed by atoms with Crippen LogP contribution in [-0.2, 0) is 20.0 Å². The molecule has 0 aliphatic carbocycles. The zero-order valence-electron chi connectivity index (χ0n) is 11.7. The van der Waals surface area contributed by atoms with Gasteiger partial charge in [0, 0.05) is 25.4 Å². The molecule has 21 heavy (non-hydrogen) atoms. The van der Waals surface area contributed by atoms with Gasteiger partial charge in [0.15, 0.2) is 5.82 Å². The Kier molecular flexibility index (Phi) is 4.62. The van der Waals surface area contributed by atoms with Crippen molar-refractivity contribution in [3.05, 3.63) is 45.4 Å². The molecule has 0 amide bonds. The number of anilines is 1. The molecule has 1 heterocycles. The van der Waals surface area contributed by atoms with Crippen LogP contribution in [0.4, 0.5) is 10.1 Å². The maximum Gasteiger partial charge on any atom is 0.336 e. The van der Waals surface area contributed by atoms with Crippen LogP contribution in [0, 0.1) is 5.82 Å². The fourth-order valence-electron chi connectivity index (χ4n) is 2.07. The van der Waals surface area contributed by atoms with Gasteiger partial charge in [0.05, 0.1) is 21.4 Å². The molecule has 0 fully saturated rings. The van der Waals surface area contributed by atoms with Crippen molar-refractivity contribution in [2.24, 2.45) is 7.05 Å². The number of nitrogens with one attached hydrogen (secondary N) is 1. The summed E-state index contributed by atoms with van der Waals surface area (Å²) in [5, 5.41) is 16.2. The summed E-state index contributed by atoms with van der Waals surface area (Å²) in [6.07, 6.45) is 2.67. The highest BCUT2D eigenvalue weighted by Crippen LogP contribution is 2.27. The van der Waals surface area contributed by atoms with E-state index in [9.17, 15) is 9.18 Å². The molecule has 112 valence electrons. The molecule has 0 aliphatic rings. The van der Waals surface area contributed by atoms with Crippen LogP contribution >= 0.6 is 15.9 Å². The number of benzene rings is 1. The zero-order valence-corrected chi connectivity index (χ0v) is 13.2. The molecule has 0 aliphatic heterocycles. The standard InChI is InChI=1S/C14H15BrFN3O2/c1-3-10-8(7-19(2)18-10)6-17-11-5-4-9(14(20)21)12(15)13(11)16/h4-5,7,17H,3,6H2,1-2H3,(H,20,21). The van der Waals surface area contributed by atoms with Gasteiger partial charge in [0.1, 0.15) is 0 Å². The van der Waals surface area contributed by atoms with E-state index >= 15 is 0 Å². The molecule has 1 aromatic heterocycles. The van der Waals surface area contributed by atoms with Gasteiger partial charge in [-0.3, -0.25) is 4.68 Å². The Labute approximate surface area is 129 Å². The minimum Gasteiger partial charge on any atom is -0.478 e. The first-order valence-corrected chi connectivity index (χ1v) is 7.19. The Bertz CT molecular complexity index is 685. The molecule has 2 N–H and O–H groups in total. The Morgan fingerprint density at radius 2 is 2.24 bits per heavy atom. The first kappa shape index (κ1) is 15.5. The van der Waals surface area contributed by atoms with Gasteiger partial charge in [0.25, 0.3) is 0 Å². The van der Waals surface area contributed by atoms with E-state index in [1.165, 1.54) is 12.1 Å². The van der Waals surface area contributed by atoms with Gasteiger partial charge in [0.2, 0.25) is 0 Å². The van der Waals surface area contributed by atoms with E-state index in [1.807, 2.05) is 20.2 Å². The number of halogens is 2. The Balaban J connectivity index is 2.21. The van der Waals surface area contributed by atoms with Crippen molar-refractivity contribution in [1.82, 2.24) is 9.78 Å². The summed E-state index contributed by atoms with van der Waals surface area (Å²) in [6.45, 7) is 2.43. The summed E-state index contributed by atoms with van der Waals surface area (Å²) in [7, 11) is 1.83. The third kappa shape index (κ3) is 3.24. The van der Waals surface area contributed by atoms with Gasteiger partial charge in [-0.05, 0) is 34.5 Å². The molecule has 0 radical (unpaired) electrons. The lowest BCUT2D eigenvalue weighted by Crippen LogP contribution is -2.06. The maximum atomic E-state index is 14.1. The molecule has 1 aromatic carbocycles. The third-order valence-corrected chi connectivity index (χ3v) is 3.88. The van der Waals surface area contributed by atoms with Crippen LogP contribution in [0.25, 0.3) is 0 Å². The van der Waals surface area contributed by atoms with Crippen LogP contribution in [0.2, 0.25) is 0 Å². The van der Waals surface area contributed by atoms with E-state index < -0.39 is 11.8 Å². The summed E-state index contributed by atoms with van der Waals surface area (Å²) in [4.78, 5) is 10.9. The van der Waals surface area contributed by atoms with Gasteiger partial charge in [-0.1, -0.05) is 6.92 Å². The van der Waals surface area contributed by atoms with Crippen molar-refractivity contribution in [3.8, 4) is 0 Å². The average Bonchev–Trinajstić information content (AvgIpc) is 2.80. The van der Waals surface area contributed by atoms with Gasteiger partial charge < -0.3 is 10.4 Å². The monoisotopic (exact) mass is 355 g/mol. The number of hydrogen-bond acceptors (Lipinski definition) is 3. The van der Waals surface area contributed by atoms with Crippen molar-refractivity contribution in [1.29, 1.82) is 0 Å². The van der Waals surface area contributed by atoms with Crippen LogP contribution in [0.15, 0.2) is 22.8 Å². The van der Waals surface area contributed by atoms with Crippen LogP contribution in [0.1, 0.15) is 28.5 Å². The predicted octanol–water partition coefficient (Wildman–Crippen LogP) is 3.19. The first-order chi connectivity index (χ1) is 9.93. The van der Waals surface area contributed by atoms with Gasteiger partial charge in [-0.25, -0.2) is 9.18 Å². The highest BCUT2D eigenvalue weighted by Gasteiger charge is 2.16. The molecule has 7 heteroatoms. The molecule has 0 atom stereocenters. The number of carboxylic acids is 1. The number of aryl methyl sites for hydroxylation is 2. The van der Waals surface area contributed by atoms with Crippen LogP contribution in [-0.4, -0.2) is 20.9 Å². The van der Waals surface area contributed by atoms with Crippen molar-refractivity contribution in [3.63, 3.8) is 0 Å². The summed E-state index contributed by atoms with van der Waals surface area (Å²) in [5.41, 5.74) is 2.08. The van der Waals surface area contributed by atoms with Gasteiger partial charge in [-0.15, -0.1) is 0 Å². The summed E-state index contributed by atoms with van der Waals surface area (Å²) >= 11 is 2.98. The normalized spacial score (nSPS) is 10.7. The Hall–Kier alpha value is -1.89. The average molecular weight is 356 g/mol. The van der Waals surface area contributed by atoms with Crippen molar-refractivity contribution >= 4 is 27.6 Å². The Morgan fingerprint density at radius 3 is 2.86 bits per heavy atom. The van der Waals surface area contributed by atoms with E-state index in [0.717, 1.165) is 17.7 Å². The number of aromatic carboxylic acids is 1. The molecular formula is C14H15BrFN3O2. The van der Waals surface area contributed by atoms with E-state index in [2.05, 4.69) is 26.3 Å². The molecule has 0 unspecified atom stereocenters. The zero-order chi connectivity index (χ0) is 15.6. The van der Waals surface area contributed by atoms with Crippen molar-refractivity contribution in [2.45, 2.75) is 19.9 Å². The fourth-order valence-corrected chi connectivity index (χ4v) is 2.59. The van der Waals surface area contributed by atoms with Gasteiger partial charge in [-0.2, -0.15) is 5.10 Å². The predicted molar refractivity (Wildman–Crippen MR) is 81.0 cm³/mol. The van der Waals surface area contributed by atoms with E-state index in [4.69, 9.17) is 5.11 Å². The first-order valence-electron chi connectivity index (χ1n) is 6.40. The van der Waals surface area contributed by atoms with Crippen LogP contribution < -0.4 is 5.32 Å². The molecule has 2 aromatic rings. The minimum absolute atomic E-state index is 0.0538. The van der Waals surface area contributed by atoms with Crippen LogP contribution in [0.5, 0.6) is 0 Å². The summed E-state index contributed by atoms with van der Waals surface area (Å²) < 4.78 is 15.8. The number of hydrogen-bond donors (Lipinski definition) is 2.